The van der Waals surface area contributed by atoms with Crippen LogP contribution in [0.5, 0.6) is 0 Å². The first-order valence-electron chi connectivity index (χ1n) is 10.0. The first kappa shape index (κ1) is 19.8. The van der Waals surface area contributed by atoms with E-state index in [0.29, 0.717) is 27.9 Å². The van der Waals surface area contributed by atoms with Gasteiger partial charge in [-0.25, -0.2) is 0 Å². The predicted molar refractivity (Wildman–Crippen MR) is 130 cm³/mol. The Hall–Kier alpha value is -4.09. The fourth-order valence-electron chi connectivity index (χ4n) is 3.87. The molecule has 4 aromatic carbocycles. The molecule has 154 valence electrons. The van der Waals surface area contributed by atoms with Gasteiger partial charge in [0.25, 0.3) is 0 Å². The number of carbonyl (C=O) groups is 2. The smallest absolute Gasteiger partial charge is 0.195 e. The molecule has 2 N–H and O–H groups in total. The SMILES string of the molecule is Nc1ccc2c(c1)C(=O)c1ccccc1C2=O.O=c1c2ccccc2sc2ccccc12. The molecule has 0 amide bonds. The van der Waals surface area contributed by atoms with Crippen molar-refractivity contribution in [1.29, 1.82) is 0 Å². The third-order valence-electron chi connectivity index (χ3n) is 5.43. The third-order valence-corrected chi connectivity index (χ3v) is 6.58. The van der Waals surface area contributed by atoms with Gasteiger partial charge in [0.05, 0.1) is 0 Å². The summed E-state index contributed by atoms with van der Waals surface area (Å²) in [6.45, 7) is 0. The number of rotatable bonds is 0. The van der Waals surface area contributed by atoms with Crippen LogP contribution in [0.4, 0.5) is 5.69 Å². The monoisotopic (exact) mass is 435 g/mol. The lowest BCUT2D eigenvalue weighted by atomic mass is 9.84. The zero-order chi connectivity index (χ0) is 22.2. The Balaban J connectivity index is 0.000000136. The van der Waals surface area contributed by atoms with Crippen molar-refractivity contribution in [1.82, 2.24) is 0 Å². The van der Waals surface area contributed by atoms with Crippen molar-refractivity contribution < 1.29 is 9.59 Å². The quantitative estimate of drug-likeness (QED) is 0.254. The average Bonchev–Trinajstić information content (AvgIpc) is 2.83. The fourth-order valence-corrected chi connectivity index (χ4v) is 4.94. The van der Waals surface area contributed by atoms with E-state index < -0.39 is 0 Å². The molecule has 1 aliphatic rings. The van der Waals surface area contributed by atoms with Crippen LogP contribution in [-0.4, -0.2) is 11.6 Å². The van der Waals surface area contributed by atoms with Gasteiger partial charge < -0.3 is 5.73 Å². The average molecular weight is 436 g/mol. The van der Waals surface area contributed by atoms with Crippen LogP contribution in [0, 0.1) is 0 Å². The van der Waals surface area contributed by atoms with Gasteiger partial charge in [0, 0.05) is 48.1 Å². The highest BCUT2D eigenvalue weighted by Gasteiger charge is 2.28. The van der Waals surface area contributed by atoms with E-state index in [1.165, 1.54) is 0 Å². The van der Waals surface area contributed by atoms with E-state index >= 15 is 0 Å². The molecule has 0 spiro atoms. The third kappa shape index (κ3) is 3.29. The van der Waals surface area contributed by atoms with E-state index in [1.54, 1.807) is 53.8 Å². The van der Waals surface area contributed by atoms with Crippen LogP contribution in [-0.2, 0) is 0 Å². The number of anilines is 1. The number of carbonyl (C=O) groups excluding carboxylic acids is 2. The first-order valence-corrected chi connectivity index (χ1v) is 10.8. The molecule has 4 nitrogen and oxygen atoms in total. The van der Waals surface area contributed by atoms with Gasteiger partial charge in [-0.2, -0.15) is 0 Å². The molecule has 0 fully saturated rings. The lowest BCUT2D eigenvalue weighted by Crippen LogP contribution is -2.20. The van der Waals surface area contributed by atoms with Crippen LogP contribution in [0.1, 0.15) is 31.8 Å². The van der Waals surface area contributed by atoms with Crippen LogP contribution in [0.25, 0.3) is 20.2 Å². The number of hydrogen-bond donors (Lipinski definition) is 1. The second kappa shape index (κ2) is 7.87. The molecule has 1 heterocycles. The lowest BCUT2D eigenvalue weighted by Gasteiger charge is -2.17. The largest absolute Gasteiger partial charge is 0.399 e. The van der Waals surface area contributed by atoms with Crippen LogP contribution in [0.15, 0.2) is 95.8 Å². The Bertz CT molecular complexity index is 1540. The molecule has 32 heavy (non-hydrogen) atoms. The molecule has 0 saturated heterocycles. The Labute approximate surface area is 187 Å². The summed E-state index contributed by atoms with van der Waals surface area (Å²) in [5.41, 5.74) is 8.03. The van der Waals surface area contributed by atoms with E-state index in [9.17, 15) is 14.4 Å². The van der Waals surface area contributed by atoms with Crippen molar-refractivity contribution in [3.8, 4) is 0 Å². The minimum atomic E-state index is -0.137. The minimum Gasteiger partial charge on any atom is -0.399 e. The highest BCUT2D eigenvalue weighted by Crippen LogP contribution is 2.28. The number of fused-ring (bicyclic) bond motifs is 4. The minimum absolute atomic E-state index is 0.116. The van der Waals surface area contributed by atoms with Crippen molar-refractivity contribution >= 4 is 48.8 Å². The van der Waals surface area contributed by atoms with Crippen molar-refractivity contribution in [3.05, 3.63) is 123 Å². The van der Waals surface area contributed by atoms with Crippen molar-refractivity contribution in [2.45, 2.75) is 0 Å². The molecule has 0 atom stereocenters. The van der Waals surface area contributed by atoms with Gasteiger partial charge in [0.2, 0.25) is 0 Å². The molecule has 0 unspecified atom stereocenters. The molecule has 0 aliphatic heterocycles. The van der Waals surface area contributed by atoms with Gasteiger partial charge in [-0.1, -0.05) is 48.5 Å². The summed E-state index contributed by atoms with van der Waals surface area (Å²) in [5, 5.41) is 1.64. The molecular formula is C27H17NO3S. The summed E-state index contributed by atoms with van der Waals surface area (Å²) in [5.74, 6) is -0.252. The number of hydrogen-bond acceptors (Lipinski definition) is 5. The molecule has 0 bridgehead atoms. The van der Waals surface area contributed by atoms with Crippen molar-refractivity contribution in [2.24, 2.45) is 0 Å². The molecule has 0 radical (unpaired) electrons. The molecule has 1 aliphatic carbocycles. The molecule has 5 aromatic rings. The molecule has 1 aromatic heterocycles. The van der Waals surface area contributed by atoms with E-state index in [2.05, 4.69) is 0 Å². The maximum atomic E-state index is 12.2. The highest BCUT2D eigenvalue weighted by molar-refractivity contribution is 7.24. The van der Waals surface area contributed by atoms with Gasteiger partial charge in [0.15, 0.2) is 17.0 Å². The number of benzene rings is 4. The van der Waals surface area contributed by atoms with Gasteiger partial charge in [-0.3, -0.25) is 14.4 Å². The maximum absolute atomic E-state index is 12.2. The maximum Gasteiger partial charge on any atom is 0.195 e. The van der Waals surface area contributed by atoms with Crippen molar-refractivity contribution in [2.75, 3.05) is 5.73 Å². The molecular weight excluding hydrogens is 418 g/mol. The predicted octanol–water partition coefficient (Wildman–Crippen LogP) is 5.46. The van der Waals surface area contributed by atoms with Crippen LogP contribution >= 0.6 is 11.3 Å². The standard InChI is InChI=1S/C14H9NO2.C13H8OS/c15-8-5-6-11-12(7-8)14(17)10-4-2-1-3-9(10)13(11)16;14-13-9-5-1-3-7-11(9)15-12-8-4-2-6-10(12)13/h1-7H,15H2;1-8H. The highest BCUT2D eigenvalue weighted by atomic mass is 32.1. The topological polar surface area (TPSA) is 77.2 Å². The zero-order valence-electron chi connectivity index (χ0n) is 16.9. The van der Waals surface area contributed by atoms with Gasteiger partial charge in [0.1, 0.15) is 0 Å². The van der Waals surface area contributed by atoms with E-state index in [4.69, 9.17) is 5.73 Å². The number of ketones is 2. The van der Waals surface area contributed by atoms with Gasteiger partial charge in [-0.15, -0.1) is 11.3 Å². The number of nitrogens with two attached hydrogens (primary N) is 1. The van der Waals surface area contributed by atoms with Crippen LogP contribution in [0.3, 0.4) is 0 Å². The summed E-state index contributed by atoms with van der Waals surface area (Å²) >= 11 is 1.67. The second-order valence-electron chi connectivity index (χ2n) is 7.43. The first-order chi connectivity index (χ1) is 15.5. The van der Waals surface area contributed by atoms with Crippen LogP contribution in [0.2, 0.25) is 0 Å². The van der Waals surface area contributed by atoms with E-state index in [1.807, 2.05) is 48.5 Å². The van der Waals surface area contributed by atoms with E-state index in [-0.39, 0.29) is 17.0 Å². The zero-order valence-corrected chi connectivity index (χ0v) is 17.7. The summed E-state index contributed by atoms with van der Waals surface area (Å²) in [4.78, 5) is 36.5. The van der Waals surface area contributed by atoms with Crippen LogP contribution < -0.4 is 11.2 Å². The Morgan fingerprint density at radius 3 is 1.59 bits per heavy atom. The molecule has 5 heteroatoms. The fraction of sp³-hybridized carbons (Fsp3) is 0. The van der Waals surface area contributed by atoms with Gasteiger partial charge in [-0.05, 0) is 42.5 Å². The Kier molecular flexibility index (Phi) is 4.88. The van der Waals surface area contributed by atoms with E-state index in [0.717, 1.165) is 20.2 Å². The Morgan fingerprint density at radius 1 is 0.531 bits per heavy atom. The Morgan fingerprint density at radius 2 is 1.00 bits per heavy atom. The summed E-state index contributed by atoms with van der Waals surface area (Å²) < 4.78 is 2.11. The molecule has 6 rings (SSSR count). The normalized spacial score (nSPS) is 12.1. The summed E-state index contributed by atoms with van der Waals surface area (Å²) in [6.07, 6.45) is 0. The second-order valence-corrected chi connectivity index (χ2v) is 8.52. The lowest BCUT2D eigenvalue weighted by molar-refractivity contribution is 0.0979. The number of nitrogen functional groups attached to an aromatic ring is 1. The molecule has 0 saturated carbocycles. The summed E-state index contributed by atoms with van der Waals surface area (Å²) in [7, 11) is 0. The van der Waals surface area contributed by atoms with Gasteiger partial charge >= 0.3 is 0 Å². The summed E-state index contributed by atoms with van der Waals surface area (Å²) in [6, 6.07) is 27.2. The van der Waals surface area contributed by atoms with Crippen molar-refractivity contribution in [3.63, 3.8) is 0 Å².